The topological polar surface area (TPSA) is 45.0 Å². The largest absolute Gasteiger partial charge is 0.391 e. The zero-order valence-corrected chi connectivity index (χ0v) is 19.0. The van der Waals surface area contributed by atoms with Gasteiger partial charge in [-0.05, 0) is 81.6 Å². The van der Waals surface area contributed by atoms with Crippen LogP contribution in [0.3, 0.4) is 0 Å². The number of nitrogens with zero attached hydrogens (tertiary/aromatic N) is 2. The smallest absolute Gasteiger partial charge is 0.261 e. The quantitative estimate of drug-likeness (QED) is 0.572. The number of fused-ring (bicyclic) bond motifs is 1. The van der Waals surface area contributed by atoms with Crippen LogP contribution in [0.2, 0.25) is 0 Å². The molecule has 4 heteroatoms. The normalized spacial score (nSPS) is 11.6. The van der Waals surface area contributed by atoms with Gasteiger partial charge >= 0.3 is 0 Å². The van der Waals surface area contributed by atoms with E-state index < -0.39 is 0 Å². The van der Waals surface area contributed by atoms with Crippen molar-refractivity contribution in [3.05, 3.63) is 74.6 Å². The van der Waals surface area contributed by atoms with Crippen LogP contribution in [-0.2, 0) is 13.2 Å². The van der Waals surface area contributed by atoms with Gasteiger partial charge in [-0.3, -0.25) is 14.1 Å². The zero-order chi connectivity index (χ0) is 21.8. The lowest BCUT2D eigenvalue weighted by molar-refractivity contribution is 0.265. The van der Waals surface area contributed by atoms with Gasteiger partial charge in [0.05, 0.1) is 17.8 Å². The third kappa shape index (κ3) is 4.35. The Labute approximate surface area is 179 Å². The van der Waals surface area contributed by atoms with Gasteiger partial charge in [0, 0.05) is 17.7 Å². The van der Waals surface area contributed by atoms with E-state index in [1.807, 2.05) is 28.7 Å². The summed E-state index contributed by atoms with van der Waals surface area (Å²) in [6.07, 6.45) is 2.18. The van der Waals surface area contributed by atoms with Crippen LogP contribution in [0.15, 0.2) is 41.2 Å². The van der Waals surface area contributed by atoms with Crippen LogP contribution in [0.1, 0.15) is 54.5 Å². The number of rotatable bonds is 8. The first-order chi connectivity index (χ1) is 14.4. The Hall–Kier alpha value is -2.43. The number of benzene rings is 1. The third-order valence-corrected chi connectivity index (χ3v) is 5.72. The lowest BCUT2D eigenvalue weighted by atomic mass is 9.96. The highest BCUT2D eigenvalue weighted by Crippen LogP contribution is 2.29. The van der Waals surface area contributed by atoms with Crippen molar-refractivity contribution in [1.82, 2.24) is 9.30 Å². The van der Waals surface area contributed by atoms with Gasteiger partial charge in [-0.1, -0.05) is 37.6 Å². The van der Waals surface area contributed by atoms with Crippen LogP contribution >= 0.6 is 0 Å². The van der Waals surface area contributed by atoms with Crippen LogP contribution in [0.4, 0.5) is 0 Å². The van der Waals surface area contributed by atoms with E-state index in [4.69, 9.17) is 0 Å². The van der Waals surface area contributed by atoms with Gasteiger partial charge in [0.1, 0.15) is 0 Å². The number of hydrogen-bond donors (Lipinski definition) is 1. The Kier molecular flexibility index (Phi) is 7.11. The Morgan fingerprint density at radius 1 is 0.933 bits per heavy atom. The van der Waals surface area contributed by atoms with Crippen LogP contribution in [0.5, 0.6) is 0 Å². The highest BCUT2D eigenvalue weighted by Gasteiger charge is 2.17. The lowest BCUT2D eigenvalue weighted by Gasteiger charge is -2.23. The fourth-order valence-electron chi connectivity index (χ4n) is 4.63. The van der Waals surface area contributed by atoms with Crippen LogP contribution in [0, 0.1) is 20.8 Å². The molecule has 1 N–H and O–H groups in total. The molecule has 0 saturated heterocycles. The SMILES string of the molecule is CCCN(CCC)Cc1cc(CO)c(=O)n2c(-c3c(C)cc(C)cc3C)cccc12. The van der Waals surface area contributed by atoms with Crippen molar-refractivity contribution >= 4 is 5.52 Å². The van der Waals surface area contributed by atoms with Crippen LogP contribution in [-0.4, -0.2) is 27.5 Å². The van der Waals surface area contributed by atoms with E-state index in [9.17, 15) is 9.90 Å². The fraction of sp³-hybridized carbons (Fsp3) is 0.423. The molecule has 30 heavy (non-hydrogen) atoms. The summed E-state index contributed by atoms with van der Waals surface area (Å²) in [5.74, 6) is 0. The van der Waals surface area contributed by atoms with Gasteiger partial charge in [0.25, 0.3) is 5.56 Å². The Balaban J connectivity index is 2.29. The molecule has 2 heterocycles. The maximum Gasteiger partial charge on any atom is 0.261 e. The average Bonchev–Trinajstić information content (AvgIpc) is 2.69. The molecule has 160 valence electrons. The van der Waals surface area contributed by atoms with E-state index in [0.29, 0.717) is 5.56 Å². The predicted octanol–water partition coefficient (Wildman–Crippen LogP) is 5.01. The number of aryl methyl sites for hydroxylation is 3. The summed E-state index contributed by atoms with van der Waals surface area (Å²) in [7, 11) is 0. The summed E-state index contributed by atoms with van der Waals surface area (Å²) in [6, 6.07) is 12.3. The molecule has 0 bridgehead atoms. The lowest BCUT2D eigenvalue weighted by Crippen LogP contribution is -2.27. The molecular weight excluding hydrogens is 372 g/mol. The van der Waals surface area contributed by atoms with Gasteiger partial charge in [-0.2, -0.15) is 0 Å². The molecule has 3 rings (SSSR count). The Morgan fingerprint density at radius 3 is 2.13 bits per heavy atom. The maximum atomic E-state index is 13.3. The second-order valence-electron chi connectivity index (χ2n) is 8.34. The van der Waals surface area contributed by atoms with E-state index in [1.54, 1.807) is 0 Å². The van der Waals surface area contributed by atoms with Crippen LogP contribution < -0.4 is 5.56 Å². The number of aliphatic hydroxyl groups excluding tert-OH is 1. The first-order valence-electron chi connectivity index (χ1n) is 11.0. The maximum absolute atomic E-state index is 13.3. The molecule has 0 unspecified atom stereocenters. The second kappa shape index (κ2) is 9.59. The summed E-state index contributed by atoms with van der Waals surface area (Å²) < 4.78 is 1.81. The highest BCUT2D eigenvalue weighted by molar-refractivity contribution is 5.72. The number of aliphatic hydroxyl groups is 1. The van der Waals surface area contributed by atoms with Gasteiger partial charge < -0.3 is 5.11 Å². The van der Waals surface area contributed by atoms with E-state index in [-0.39, 0.29) is 12.2 Å². The van der Waals surface area contributed by atoms with Gasteiger partial charge in [-0.15, -0.1) is 0 Å². The summed E-state index contributed by atoms with van der Waals surface area (Å²) in [5, 5.41) is 9.92. The molecule has 0 radical (unpaired) electrons. The minimum absolute atomic E-state index is 0.135. The second-order valence-corrected chi connectivity index (χ2v) is 8.34. The van der Waals surface area contributed by atoms with Gasteiger partial charge in [0.15, 0.2) is 0 Å². The average molecular weight is 407 g/mol. The van der Waals surface area contributed by atoms with Crippen molar-refractivity contribution < 1.29 is 5.11 Å². The van der Waals surface area contributed by atoms with Crippen molar-refractivity contribution in [2.75, 3.05) is 13.1 Å². The van der Waals surface area contributed by atoms with E-state index in [2.05, 4.69) is 51.7 Å². The molecule has 1 aromatic carbocycles. The van der Waals surface area contributed by atoms with Crippen molar-refractivity contribution in [2.24, 2.45) is 0 Å². The highest BCUT2D eigenvalue weighted by atomic mass is 16.3. The van der Waals surface area contributed by atoms with Crippen molar-refractivity contribution in [3.8, 4) is 11.3 Å². The standard InChI is InChI=1S/C26H34N2O2/c1-6-11-27(12-7-2)16-21-15-22(17-29)26(30)28-23(21)9-8-10-24(28)25-19(4)13-18(3)14-20(25)5/h8-10,13-15,29H,6-7,11-12,16-17H2,1-5H3. The van der Waals surface area contributed by atoms with Crippen molar-refractivity contribution in [1.29, 1.82) is 0 Å². The Morgan fingerprint density at radius 2 is 1.57 bits per heavy atom. The molecule has 0 atom stereocenters. The van der Waals surface area contributed by atoms with E-state index >= 15 is 0 Å². The molecular formula is C26H34N2O2. The zero-order valence-electron chi connectivity index (χ0n) is 19.0. The molecule has 3 aromatic rings. The van der Waals surface area contributed by atoms with E-state index in [1.165, 1.54) is 5.56 Å². The monoisotopic (exact) mass is 406 g/mol. The molecule has 0 aliphatic heterocycles. The number of aromatic nitrogens is 1. The van der Waals surface area contributed by atoms with Crippen molar-refractivity contribution in [2.45, 2.75) is 60.6 Å². The van der Waals surface area contributed by atoms with E-state index in [0.717, 1.165) is 65.9 Å². The third-order valence-electron chi connectivity index (χ3n) is 5.72. The molecule has 0 saturated carbocycles. The molecule has 0 spiro atoms. The first-order valence-corrected chi connectivity index (χ1v) is 11.0. The number of pyridine rings is 2. The van der Waals surface area contributed by atoms with Gasteiger partial charge in [-0.25, -0.2) is 0 Å². The first kappa shape index (κ1) is 22.3. The molecule has 0 aliphatic carbocycles. The Bertz CT molecular complexity index is 1070. The van der Waals surface area contributed by atoms with Crippen LogP contribution in [0.25, 0.3) is 16.8 Å². The predicted molar refractivity (Wildman–Crippen MR) is 125 cm³/mol. The molecule has 4 nitrogen and oxygen atoms in total. The minimum Gasteiger partial charge on any atom is -0.391 e. The molecule has 0 aliphatic rings. The van der Waals surface area contributed by atoms with Crippen molar-refractivity contribution in [3.63, 3.8) is 0 Å². The summed E-state index contributed by atoms with van der Waals surface area (Å²) in [5.41, 5.74) is 7.83. The minimum atomic E-state index is -0.253. The number of hydrogen-bond acceptors (Lipinski definition) is 3. The summed E-state index contributed by atoms with van der Waals surface area (Å²) in [4.78, 5) is 15.7. The molecule has 0 amide bonds. The molecule has 0 fully saturated rings. The summed E-state index contributed by atoms with van der Waals surface area (Å²) >= 11 is 0. The van der Waals surface area contributed by atoms with Gasteiger partial charge in [0.2, 0.25) is 0 Å². The fourth-order valence-corrected chi connectivity index (χ4v) is 4.63. The molecule has 2 aromatic heterocycles. The summed E-state index contributed by atoms with van der Waals surface area (Å²) in [6.45, 7) is 13.2.